The number of hydrogen-bond acceptors (Lipinski definition) is 1. The zero-order chi connectivity index (χ0) is 14.6. The van der Waals surface area contributed by atoms with E-state index in [1.807, 2.05) is 0 Å². The van der Waals surface area contributed by atoms with Gasteiger partial charge in [-0.1, -0.05) is 50.1 Å². The predicted molar refractivity (Wildman–Crippen MR) is 74.4 cm³/mol. The number of nitrogens with one attached hydrogen (secondary N) is 1. The third kappa shape index (κ3) is 4.23. The smallest absolute Gasteiger partial charge is 0.302 e. The van der Waals surface area contributed by atoms with Crippen molar-refractivity contribution in [2.24, 2.45) is 11.8 Å². The summed E-state index contributed by atoms with van der Waals surface area (Å²) in [4.78, 5) is 0. The van der Waals surface area contributed by atoms with Crippen molar-refractivity contribution in [2.75, 3.05) is 6.54 Å². The number of hydrogen-bond donors (Lipinski definition) is 1. The van der Waals surface area contributed by atoms with E-state index in [0.29, 0.717) is 23.9 Å². The van der Waals surface area contributed by atoms with E-state index in [0.717, 1.165) is 19.3 Å². The van der Waals surface area contributed by atoms with Gasteiger partial charge in [0.1, 0.15) is 6.04 Å². The number of halogens is 3. The van der Waals surface area contributed by atoms with Crippen LogP contribution in [0.2, 0.25) is 0 Å². The average Bonchev–Trinajstić information content (AvgIpc) is 2.39. The second-order valence-corrected chi connectivity index (χ2v) is 5.93. The molecule has 0 bridgehead atoms. The lowest BCUT2D eigenvalue weighted by Crippen LogP contribution is -2.37. The summed E-state index contributed by atoms with van der Waals surface area (Å²) in [5.74, 6) is 1.00. The standard InChI is InChI=1S/C16H22F3N/c1-12-6-5-7-13(10-12)11-20-15(16(17,18)19)14-8-3-2-4-9-14/h2-4,8-9,12-13,15,20H,5-7,10-11H2,1H3. The summed E-state index contributed by atoms with van der Waals surface area (Å²) in [7, 11) is 0. The molecule has 1 fully saturated rings. The van der Waals surface area contributed by atoms with Gasteiger partial charge in [-0.25, -0.2) is 0 Å². The fourth-order valence-corrected chi connectivity index (χ4v) is 3.10. The van der Waals surface area contributed by atoms with E-state index in [1.54, 1.807) is 18.2 Å². The molecule has 0 aromatic heterocycles. The van der Waals surface area contributed by atoms with E-state index in [1.165, 1.54) is 18.6 Å². The van der Waals surface area contributed by atoms with Crippen LogP contribution in [0.25, 0.3) is 0 Å². The van der Waals surface area contributed by atoms with Gasteiger partial charge in [0.05, 0.1) is 0 Å². The Morgan fingerprint density at radius 1 is 1.20 bits per heavy atom. The van der Waals surface area contributed by atoms with Crippen LogP contribution >= 0.6 is 0 Å². The van der Waals surface area contributed by atoms with Gasteiger partial charge < -0.3 is 5.32 Å². The molecule has 1 nitrogen and oxygen atoms in total. The molecule has 3 atom stereocenters. The highest BCUT2D eigenvalue weighted by Gasteiger charge is 2.40. The van der Waals surface area contributed by atoms with Crippen molar-refractivity contribution >= 4 is 0 Å². The van der Waals surface area contributed by atoms with Crippen LogP contribution in [-0.2, 0) is 0 Å². The molecule has 0 heterocycles. The first-order valence-corrected chi connectivity index (χ1v) is 7.32. The van der Waals surface area contributed by atoms with E-state index in [2.05, 4.69) is 12.2 Å². The molecule has 0 aliphatic heterocycles. The van der Waals surface area contributed by atoms with Crippen LogP contribution < -0.4 is 5.32 Å². The first kappa shape index (κ1) is 15.4. The first-order chi connectivity index (χ1) is 9.47. The lowest BCUT2D eigenvalue weighted by Gasteiger charge is -2.29. The van der Waals surface area contributed by atoms with Crippen LogP contribution in [0.4, 0.5) is 13.2 Å². The van der Waals surface area contributed by atoms with Crippen LogP contribution in [0.1, 0.15) is 44.2 Å². The molecular formula is C16H22F3N. The summed E-state index contributed by atoms with van der Waals surface area (Å²) in [6.45, 7) is 2.63. The molecule has 1 N–H and O–H groups in total. The molecule has 1 aliphatic rings. The fourth-order valence-electron chi connectivity index (χ4n) is 3.10. The monoisotopic (exact) mass is 285 g/mol. The number of alkyl halides is 3. The summed E-state index contributed by atoms with van der Waals surface area (Å²) in [5, 5.41) is 2.74. The number of rotatable bonds is 4. The largest absolute Gasteiger partial charge is 0.407 e. The van der Waals surface area contributed by atoms with E-state index < -0.39 is 12.2 Å². The van der Waals surface area contributed by atoms with Gasteiger partial charge in [-0.15, -0.1) is 0 Å². The van der Waals surface area contributed by atoms with Gasteiger partial charge in [0.25, 0.3) is 0 Å². The lowest BCUT2D eigenvalue weighted by molar-refractivity contribution is -0.158. The van der Waals surface area contributed by atoms with Gasteiger partial charge >= 0.3 is 6.18 Å². The molecule has 20 heavy (non-hydrogen) atoms. The van der Waals surface area contributed by atoms with Gasteiger partial charge in [0.2, 0.25) is 0 Å². The third-order valence-electron chi connectivity index (χ3n) is 4.12. The van der Waals surface area contributed by atoms with E-state index >= 15 is 0 Å². The first-order valence-electron chi connectivity index (χ1n) is 7.32. The van der Waals surface area contributed by atoms with Crippen LogP contribution in [0.3, 0.4) is 0 Å². The Kier molecular flexibility index (Phi) is 5.08. The quantitative estimate of drug-likeness (QED) is 0.845. The Morgan fingerprint density at radius 2 is 1.90 bits per heavy atom. The van der Waals surface area contributed by atoms with Crippen LogP contribution in [0.15, 0.2) is 30.3 Å². The van der Waals surface area contributed by atoms with Crippen LogP contribution in [0.5, 0.6) is 0 Å². The van der Waals surface area contributed by atoms with Gasteiger partial charge in [0.15, 0.2) is 0 Å². The van der Waals surface area contributed by atoms with Crippen molar-refractivity contribution in [3.8, 4) is 0 Å². The second kappa shape index (κ2) is 6.61. The molecule has 112 valence electrons. The molecule has 1 aliphatic carbocycles. The Morgan fingerprint density at radius 3 is 2.50 bits per heavy atom. The summed E-state index contributed by atoms with van der Waals surface area (Å²) in [6.07, 6.45) is 0.165. The molecule has 1 aromatic carbocycles. The van der Waals surface area contributed by atoms with Gasteiger partial charge in [-0.3, -0.25) is 0 Å². The van der Waals surface area contributed by atoms with E-state index in [-0.39, 0.29) is 0 Å². The maximum absolute atomic E-state index is 13.2. The molecule has 2 rings (SSSR count). The highest BCUT2D eigenvalue weighted by molar-refractivity contribution is 5.20. The average molecular weight is 285 g/mol. The third-order valence-corrected chi connectivity index (χ3v) is 4.12. The van der Waals surface area contributed by atoms with E-state index in [9.17, 15) is 13.2 Å². The van der Waals surface area contributed by atoms with Crippen molar-refractivity contribution in [2.45, 2.75) is 44.8 Å². The molecule has 0 radical (unpaired) electrons. The fraction of sp³-hybridized carbons (Fsp3) is 0.625. The normalized spacial score (nSPS) is 25.4. The van der Waals surface area contributed by atoms with E-state index in [4.69, 9.17) is 0 Å². The number of benzene rings is 1. The molecule has 4 heteroatoms. The Labute approximate surface area is 118 Å². The van der Waals surface area contributed by atoms with Crippen molar-refractivity contribution in [1.29, 1.82) is 0 Å². The maximum Gasteiger partial charge on any atom is 0.407 e. The molecule has 1 aromatic rings. The van der Waals surface area contributed by atoms with Gasteiger partial charge in [-0.2, -0.15) is 13.2 Å². The Balaban J connectivity index is 1.98. The Bertz CT molecular complexity index is 402. The van der Waals surface area contributed by atoms with Crippen molar-refractivity contribution in [3.05, 3.63) is 35.9 Å². The molecule has 0 spiro atoms. The van der Waals surface area contributed by atoms with Crippen LogP contribution in [0, 0.1) is 11.8 Å². The lowest BCUT2D eigenvalue weighted by atomic mass is 9.82. The molecule has 0 saturated heterocycles. The van der Waals surface area contributed by atoms with Crippen molar-refractivity contribution < 1.29 is 13.2 Å². The van der Waals surface area contributed by atoms with Gasteiger partial charge in [0, 0.05) is 0 Å². The zero-order valence-corrected chi connectivity index (χ0v) is 11.8. The minimum absolute atomic E-state index is 0.295. The molecule has 0 amide bonds. The summed E-state index contributed by atoms with van der Waals surface area (Å²) < 4.78 is 39.5. The van der Waals surface area contributed by atoms with Crippen molar-refractivity contribution in [3.63, 3.8) is 0 Å². The second-order valence-electron chi connectivity index (χ2n) is 5.93. The van der Waals surface area contributed by atoms with Gasteiger partial charge in [-0.05, 0) is 36.8 Å². The Hall–Kier alpha value is -1.03. The van der Waals surface area contributed by atoms with Crippen molar-refractivity contribution in [1.82, 2.24) is 5.32 Å². The highest BCUT2D eigenvalue weighted by Crippen LogP contribution is 2.34. The summed E-state index contributed by atoms with van der Waals surface area (Å²) in [5.41, 5.74) is 0.295. The molecular weight excluding hydrogens is 263 g/mol. The minimum atomic E-state index is -4.25. The topological polar surface area (TPSA) is 12.0 Å². The molecule has 1 saturated carbocycles. The predicted octanol–water partition coefficient (Wildman–Crippen LogP) is 4.71. The van der Waals surface area contributed by atoms with Crippen LogP contribution in [-0.4, -0.2) is 12.7 Å². The summed E-state index contributed by atoms with van der Waals surface area (Å²) >= 11 is 0. The SMILES string of the molecule is CC1CCCC(CNC(c2ccccc2)C(F)(F)F)C1. The zero-order valence-electron chi connectivity index (χ0n) is 11.8. The maximum atomic E-state index is 13.2. The minimum Gasteiger partial charge on any atom is -0.302 e. The molecule has 3 unspecified atom stereocenters. The summed E-state index contributed by atoms with van der Waals surface area (Å²) in [6, 6.07) is 6.56. The highest BCUT2D eigenvalue weighted by atomic mass is 19.4.